The number of carbonyl (C=O) groups is 3. The van der Waals surface area contributed by atoms with Gasteiger partial charge in [-0.3, -0.25) is 14.4 Å². The van der Waals surface area contributed by atoms with Crippen molar-refractivity contribution in [3.8, 4) is 0 Å². The number of halogens is 2. The van der Waals surface area contributed by atoms with Crippen molar-refractivity contribution in [3.05, 3.63) is 33.8 Å². The van der Waals surface area contributed by atoms with Crippen LogP contribution in [0.3, 0.4) is 0 Å². The van der Waals surface area contributed by atoms with E-state index in [2.05, 4.69) is 5.32 Å². The van der Waals surface area contributed by atoms with E-state index in [-0.39, 0.29) is 17.0 Å². The molecule has 2 fully saturated rings. The predicted molar refractivity (Wildman–Crippen MR) is 85.0 cm³/mol. The first-order chi connectivity index (χ1) is 11.2. The molecule has 1 aromatic rings. The molecule has 5 N–H and O–H groups in total. The highest BCUT2D eigenvalue weighted by atomic mass is 35.5. The standard InChI is InChI=1S/C15H14Cl2N2O5/c16-5-1-2-6(7(17)3-5)12(20)19-8-4-15(18,14(23)24)11-9(8)10(11)13(21)22/h1-3,8-11H,4,18H2,(H,19,20)(H,21,22)(H,23,24)/t8-,9-,10-,11+,15-/m1/s1. The summed E-state index contributed by atoms with van der Waals surface area (Å²) in [6.45, 7) is 0. The van der Waals surface area contributed by atoms with Crippen molar-refractivity contribution in [3.63, 3.8) is 0 Å². The van der Waals surface area contributed by atoms with Crippen LogP contribution in [0.4, 0.5) is 0 Å². The van der Waals surface area contributed by atoms with Gasteiger partial charge < -0.3 is 21.3 Å². The number of benzene rings is 1. The Labute approximate surface area is 146 Å². The fraction of sp³-hybridized carbons (Fsp3) is 0.400. The number of carboxylic acids is 2. The topological polar surface area (TPSA) is 130 Å². The molecule has 5 atom stereocenters. The number of rotatable bonds is 4. The number of carboxylic acid groups (broad SMARTS) is 2. The molecule has 24 heavy (non-hydrogen) atoms. The minimum atomic E-state index is -1.66. The normalized spacial score (nSPS) is 33.6. The molecule has 0 radical (unpaired) electrons. The van der Waals surface area contributed by atoms with Gasteiger partial charge in [0, 0.05) is 17.0 Å². The van der Waals surface area contributed by atoms with Gasteiger partial charge in [-0.2, -0.15) is 0 Å². The summed E-state index contributed by atoms with van der Waals surface area (Å²) in [5.74, 6) is -4.96. The van der Waals surface area contributed by atoms with Crippen LogP contribution in [0, 0.1) is 17.8 Å². The van der Waals surface area contributed by atoms with Gasteiger partial charge in [0.15, 0.2) is 0 Å². The lowest BCUT2D eigenvalue weighted by Crippen LogP contribution is -2.52. The molecule has 1 amide bonds. The van der Waals surface area contributed by atoms with E-state index in [9.17, 15) is 24.6 Å². The maximum atomic E-state index is 12.4. The molecule has 7 nitrogen and oxygen atoms in total. The van der Waals surface area contributed by atoms with E-state index < -0.39 is 47.2 Å². The smallest absolute Gasteiger partial charge is 0.324 e. The summed E-state index contributed by atoms with van der Waals surface area (Å²) in [7, 11) is 0. The lowest BCUT2D eigenvalue weighted by molar-refractivity contribution is -0.145. The van der Waals surface area contributed by atoms with E-state index in [0.717, 1.165) is 0 Å². The summed E-state index contributed by atoms with van der Waals surface area (Å²) in [5, 5.41) is 21.8. The Morgan fingerprint density at radius 3 is 2.46 bits per heavy atom. The second kappa shape index (κ2) is 5.61. The van der Waals surface area contributed by atoms with Gasteiger partial charge in [0.05, 0.1) is 16.5 Å². The summed E-state index contributed by atoms with van der Waals surface area (Å²) in [6, 6.07) is 3.72. The summed E-state index contributed by atoms with van der Waals surface area (Å²) in [4.78, 5) is 35.1. The lowest BCUT2D eigenvalue weighted by Gasteiger charge is -2.25. The maximum absolute atomic E-state index is 12.4. The molecule has 2 saturated carbocycles. The molecule has 2 aliphatic carbocycles. The Morgan fingerprint density at radius 2 is 1.92 bits per heavy atom. The van der Waals surface area contributed by atoms with Crippen LogP contribution in [0.2, 0.25) is 10.0 Å². The van der Waals surface area contributed by atoms with Crippen molar-refractivity contribution in [1.82, 2.24) is 5.32 Å². The van der Waals surface area contributed by atoms with Gasteiger partial charge in [-0.15, -0.1) is 0 Å². The van der Waals surface area contributed by atoms with Crippen LogP contribution in [0.15, 0.2) is 18.2 Å². The van der Waals surface area contributed by atoms with Crippen molar-refractivity contribution in [2.75, 3.05) is 0 Å². The number of carbonyl (C=O) groups excluding carboxylic acids is 1. The molecule has 3 rings (SSSR count). The van der Waals surface area contributed by atoms with E-state index in [1.165, 1.54) is 18.2 Å². The zero-order chi connectivity index (χ0) is 17.8. The Bertz CT molecular complexity index is 755. The minimum absolute atomic E-state index is 0.0294. The zero-order valence-electron chi connectivity index (χ0n) is 12.2. The number of amides is 1. The number of aliphatic carboxylic acids is 2. The summed E-state index contributed by atoms with van der Waals surface area (Å²) in [6.07, 6.45) is -0.0294. The molecule has 0 saturated heterocycles. The molecule has 2 aliphatic rings. The molecular weight excluding hydrogens is 359 g/mol. The van der Waals surface area contributed by atoms with E-state index in [4.69, 9.17) is 28.9 Å². The first-order valence-corrected chi connectivity index (χ1v) is 7.93. The van der Waals surface area contributed by atoms with Crippen molar-refractivity contribution < 1.29 is 24.6 Å². The number of fused-ring (bicyclic) bond motifs is 1. The third-order valence-corrected chi connectivity index (χ3v) is 5.42. The highest BCUT2D eigenvalue weighted by Crippen LogP contribution is 2.61. The van der Waals surface area contributed by atoms with Gasteiger partial charge in [-0.05, 0) is 30.5 Å². The SMILES string of the molecule is N[C@]1(C(=O)O)C[C@@H](NC(=O)c2ccc(Cl)cc2Cl)[C@@H]2[C@@H](C(=O)O)[C@H]21. The fourth-order valence-corrected chi connectivity index (χ4v) is 4.24. The average Bonchev–Trinajstić information content (AvgIpc) is 3.15. The summed E-state index contributed by atoms with van der Waals surface area (Å²) >= 11 is 11.8. The zero-order valence-corrected chi connectivity index (χ0v) is 13.7. The molecule has 0 aromatic heterocycles. The first-order valence-electron chi connectivity index (χ1n) is 7.18. The molecule has 1 aromatic carbocycles. The highest BCUT2D eigenvalue weighted by molar-refractivity contribution is 6.36. The van der Waals surface area contributed by atoms with E-state index >= 15 is 0 Å². The van der Waals surface area contributed by atoms with Gasteiger partial charge in [-0.25, -0.2) is 0 Å². The van der Waals surface area contributed by atoms with Gasteiger partial charge >= 0.3 is 11.9 Å². The van der Waals surface area contributed by atoms with Gasteiger partial charge in [-0.1, -0.05) is 23.2 Å². The Morgan fingerprint density at radius 1 is 1.25 bits per heavy atom. The van der Waals surface area contributed by atoms with Crippen molar-refractivity contribution in [1.29, 1.82) is 0 Å². The van der Waals surface area contributed by atoms with E-state index in [1.807, 2.05) is 0 Å². The van der Waals surface area contributed by atoms with Crippen LogP contribution in [0.5, 0.6) is 0 Å². The fourth-order valence-electron chi connectivity index (χ4n) is 3.75. The monoisotopic (exact) mass is 372 g/mol. The third-order valence-electron chi connectivity index (χ3n) is 4.87. The number of nitrogens with two attached hydrogens (primary N) is 1. The van der Waals surface area contributed by atoms with Crippen molar-refractivity contribution >= 4 is 41.0 Å². The Hall–Kier alpha value is -1.83. The molecule has 128 valence electrons. The van der Waals surface area contributed by atoms with Crippen LogP contribution in [0.1, 0.15) is 16.8 Å². The quantitative estimate of drug-likeness (QED) is 0.628. The second-order valence-electron chi connectivity index (χ2n) is 6.22. The average molecular weight is 373 g/mol. The molecule has 0 spiro atoms. The highest BCUT2D eigenvalue weighted by Gasteiger charge is 2.74. The van der Waals surface area contributed by atoms with Crippen LogP contribution < -0.4 is 11.1 Å². The number of hydrogen-bond acceptors (Lipinski definition) is 4. The van der Waals surface area contributed by atoms with Crippen LogP contribution in [-0.2, 0) is 9.59 Å². The first kappa shape index (κ1) is 17.0. The summed E-state index contributed by atoms with van der Waals surface area (Å²) in [5.41, 5.74) is 4.43. The molecule has 0 unspecified atom stereocenters. The summed E-state index contributed by atoms with van der Waals surface area (Å²) < 4.78 is 0. The van der Waals surface area contributed by atoms with Gasteiger partial charge in [0.2, 0.25) is 0 Å². The van der Waals surface area contributed by atoms with Crippen molar-refractivity contribution in [2.45, 2.75) is 18.0 Å². The van der Waals surface area contributed by atoms with E-state index in [1.54, 1.807) is 0 Å². The third kappa shape index (κ3) is 2.53. The minimum Gasteiger partial charge on any atom is -0.481 e. The predicted octanol–water partition coefficient (Wildman–Crippen LogP) is 1.22. The number of nitrogens with one attached hydrogen (secondary N) is 1. The van der Waals surface area contributed by atoms with Gasteiger partial charge in [0.25, 0.3) is 5.91 Å². The van der Waals surface area contributed by atoms with Gasteiger partial charge in [0.1, 0.15) is 5.54 Å². The largest absolute Gasteiger partial charge is 0.481 e. The molecule has 9 heteroatoms. The maximum Gasteiger partial charge on any atom is 0.324 e. The van der Waals surface area contributed by atoms with Crippen LogP contribution in [0.25, 0.3) is 0 Å². The molecule has 0 heterocycles. The van der Waals surface area contributed by atoms with E-state index in [0.29, 0.717) is 5.02 Å². The number of hydrogen-bond donors (Lipinski definition) is 4. The molecular formula is C15H14Cl2N2O5. The van der Waals surface area contributed by atoms with Crippen LogP contribution >= 0.6 is 23.2 Å². The van der Waals surface area contributed by atoms with Crippen LogP contribution in [-0.4, -0.2) is 39.6 Å². The lowest BCUT2D eigenvalue weighted by atomic mass is 9.90. The Kier molecular flexibility index (Phi) is 3.98. The second-order valence-corrected chi connectivity index (χ2v) is 7.06. The Balaban J connectivity index is 1.81. The molecule has 0 bridgehead atoms. The van der Waals surface area contributed by atoms with Crippen molar-refractivity contribution in [2.24, 2.45) is 23.5 Å². The molecule has 0 aliphatic heterocycles.